The number of para-hydroxylation sites is 1. The third-order valence-corrected chi connectivity index (χ3v) is 5.73. The van der Waals surface area contributed by atoms with Crippen LogP contribution in [0.5, 0.6) is 11.5 Å². The van der Waals surface area contributed by atoms with Crippen LogP contribution in [0.1, 0.15) is 36.0 Å². The topological polar surface area (TPSA) is 109 Å². The van der Waals surface area contributed by atoms with E-state index >= 15 is 0 Å². The summed E-state index contributed by atoms with van der Waals surface area (Å²) >= 11 is 0. The van der Waals surface area contributed by atoms with E-state index in [9.17, 15) is 23.2 Å². The Balaban J connectivity index is 1.85. The van der Waals surface area contributed by atoms with Crippen molar-refractivity contribution < 1.29 is 27.8 Å². The van der Waals surface area contributed by atoms with E-state index in [2.05, 4.69) is 10.4 Å². The molecule has 3 aromatic rings. The number of amides is 1. The summed E-state index contributed by atoms with van der Waals surface area (Å²) in [5.74, 6) is -1.61. The number of ether oxygens (including phenoxy) is 2. The molecule has 1 saturated carbocycles. The molecule has 0 N–H and O–H groups in total. The Kier molecular flexibility index (Phi) is 6.39. The van der Waals surface area contributed by atoms with Crippen LogP contribution in [0.3, 0.4) is 0 Å². The average Bonchev–Trinajstić information content (AvgIpc) is 3.49. The second-order valence-electron chi connectivity index (χ2n) is 7.63. The number of carbonyl (C=O) groups excluding carboxylic acids is 2. The van der Waals surface area contributed by atoms with Crippen molar-refractivity contribution in [2.45, 2.75) is 31.7 Å². The fourth-order valence-electron chi connectivity index (χ4n) is 4.10. The molecule has 1 amide bonds. The van der Waals surface area contributed by atoms with Crippen LogP contribution in [0.15, 0.2) is 35.1 Å². The zero-order valence-corrected chi connectivity index (χ0v) is 18.4. The number of hydrogen-bond acceptors (Lipinski definition) is 7. The summed E-state index contributed by atoms with van der Waals surface area (Å²) in [5.41, 5.74) is -1.51. The van der Waals surface area contributed by atoms with E-state index < -0.39 is 29.0 Å². The van der Waals surface area contributed by atoms with Crippen LogP contribution in [0.2, 0.25) is 0 Å². The zero-order valence-electron chi connectivity index (χ0n) is 18.4. The number of halogens is 2. The van der Waals surface area contributed by atoms with Crippen molar-refractivity contribution in [3.8, 4) is 17.2 Å². The maximum Gasteiger partial charge on any atom is 0.377 e. The molecular weight excluding hydrogens is 452 g/mol. The fraction of sp³-hybridized carbons (Fsp3) is 0.318. The van der Waals surface area contributed by atoms with Gasteiger partial charge in [0.2, 0.25) is 0 Å². The zero-order chi connectivity index (χ0) is 24.4. The number of carbonyl (C=O) groups is 2. The highest BCUT2D eigenvalue weighted by Gasteiger charge is 2.34. The summed E-state index contributed by atoms with van der Waals surface area (Å²) in [7, 11) is 2.78. The average molecular weight is 473 g/mol. The number of benzene rings is 2. The highest BCUT2D eigenvalue weighted by atomic mass is 19.1. The van der Waals surface area contributed by atoms with E-state index in [4.69, 9.17) is 9.47 Å². The van der Waals surface area contributed by atoms with Gasteiger partial charge in [-0.1, -0.05) is 18.9 Å². The van der Waals surface area contributed by atoms with Gasteiger partial charge in [0.25, 0.3) is 0 Å². The first kappa shape index (κ1) is 23.1. The number of aromatic nitrogens is 4. The van der Waals surface area contributed by atoms with Gasteiger partial charge in [0, 0.05) is 12.1 Å². The molecule has 1 aliphatic carbocycles. The van der Waals surface area contributed by atoms with Gasteiger partial charge in [-0.2, -0.15) is 4.68 Å². The van der Waals surface area contributed by atoms with Gasteiger partial charge < -0.3 is 9.47 Å². The molecule has 2 aromatic carbocycles. The Morgan fingerprint density at radius 2 is 1.74 bits per heavy atom. The van der Waals surface area contributed by atoms with Crippen molar-refractivity contribution in [2.75, 3.05) is 19.1 Å². The van der Waals surface area contributed by atoms with Gasteiger partial charge in [0.05, 0.1) is 25.5 Å². The van der Waals surface area contributed by atoms with E-state index in [0.717, 1.165) is 31.0 Å². The van der Waals surface area contributed by atoms with Crippen molar-refractivity contribution in [1.29, 1.82) is 0 Å². The third-order valence-electron chi connectivity index (χ3n) is 5.73. The summed E-state index contributed by atoms with van der Waals surface area (Å²) in [4.78, 5) is 39.5. The predicted octanol–water partition coefficient (Wildman–Crippen LogP) is 2.95. The monoisotopic (exact) mass is 473 g/mol. The summed E-state index contributed by atoms with van der Waals surface area (Å²) in [5, 5.41) is 7.10. The molecule has 4 rings (SSSR count). The van der Waals surface area contributed by atoms with E-state index in [1.54, 1.807) is 0 Å². The lowest BCUT2D eigenvalue weighted by molar-refractivity contribution is 0.112. The molecule has 0 aliphatic heterocycles. The second-order valence-corrected chi connectivity index (χ2v) is 7.63. The molecule has 0 spiro atoms. The molecule has 10 nitrogen and oxygen atoms in total. The molecule has 0 radical (unpaired) electrons. The molecule has 34 heavy (non-hydrogen) atoms. The van der Waals surface area contributed by atoms with E-state index in [0.29, 0.717) is 28.5 Å². The minimum absolute atomic E-state index is 0.165. The fourth-order valence-corrected chi connectivity index (χ4v) is 4.10. The largest absolute Gasteiger partial charge is 0.496 e. The van der Waals surface area contributed by atoms with Crippen LogP contribution in [0, 0.1) is 11.6 Å². The maximum absolute atomic E-state index is 14.2. The van der Waals surface area contributed by atoms with Crippen molar-refractivity contribution in [3.63, 3.8) is 0 Å². The lowest BCUT2D eigenvalue weighted by Crippen LogP contribution is -2.46. The van der Waals surface area contributed by atoms with Crippen LogP contribution in [0.25, 0.3) is 5.69 Å². The van der Waals surface area contributed by atoms with Gasteiger partial charge >= 0.3 is 11.7 Å². The van der Waals surface area contributed by atoms with Crippen molar-refractivity contribution in [2.24, 2.45) is 0 Å². The van der Waals surface area contributed by atoms with Gasteiger partial charge in [-0.25, -0.2) is 18.4 Å². The van der Waals surface area contributed by atoms with E-state index in [-0.39, 0.29) is 28.8 Å². The first-order valence-electron chi connectivity index (χ1n) is 10.5. The Morgan fingerprint density at radius 1 is 1.09 bits per heavy atom. The Bertz CT molecular complexity index is 1280. The number of anilines is 1. The summed E-state index contributed by atoms with van der Waals surface area (Å²) < 4.78 is 39.9. The van der Waals surface area contributed by atoms with Gasteiger partial charge in [-0.15, -0.1) is 4.68 Å². The van der Waals surface area contributed by atoms with Crippen LogP contribution in [-0.2, 0) is 0 Å². The molecule has 12 heteroatoms. The maximum atomic E-state index is 14.2. The molecule has 0 saturated heterocycles. The molecule has 0 atom stereocenters. The highest BCUT2D eigenvalue weighted by Crippen LogP contribution is 2.39. The van der Waals surface area contributed by atoms with Crippen LogP contribution >= 0.6 is 0 Å². The molecule has 1 aliphatic rings. The van der Waals surface area contributed by atoms with Crippen molar-refractivity contribution in [3.05, 3.63) is 58.0 Å². The van der Waals surface area contributed by atoms with Crippen molar-refractivity contribution in [1.82, 2.24) is 19.8 Å². The molecule has 1 fully saturated rings. The first-order chi connectivity index (χ1) is 16.4. The van der Waals surface area contributed by atoms with Gasteiger partial charge in [0.15, 0.2) is 17.9 Å². The minimum Gasteiger partial charge on any atom is -0.496 e. The third kappa shape index (κ3) is 3.91. The molecule has 1 aromatic heterocycles. The SMILES string of the molecule is COc1cc(OC)c(N(C(=O)n2nnn(-c3c(F)cccc3F)c2=O)C2CCCC2)cc1C=O. The van der Waals surface area contributed by atoms with Crippen LogP contribution in [-0.4, -0.2) is 52.4 Å². The Morgan fingerprint density at radius 3 is 2.32 bits per heavy atom. The number of methoxy groups -OCH3 is 2. The van der Waals surface area contributed by atoms with Crippen LogP contribution in [0.4, 0.5) is 19.3 Å². The first-order valence-corrected chi connectivity index (χ1v) is 10.5. The predicted molar refractivity (Wildman–Crippen MR) is 116 cm³/mol. The smallest absolute Gasteiger partial charge is 0.377 e. The standard InChI is InChI=1S/C22H21F2N5O5/c1-33-18-11-19(34-2)17(10-13(18)12-30)27(14-6-3-4-7-14)21(31)29-22(32)28(25-26-29)20-15(23)8-5-9-16(20)24/h5,8-12,14H,3-4,6-7H2,1-2H3. The molecule has 1 heterocycles. The molecule has 0 unspecified atom stereocenters. The highest BCUT2D eigenvalue weighted by molar-refractivity contribution is 5.97. The summed E-state index contributed by atoms with van der Waals surface area (Å²) in [6.07, 6.45) is 3.51. The number of aldehydes is 1. The van der Waals surface area contributed by atoms with Gasteiger partial charge in [-0.3, -0.25) is 9.69 Å². The summed E-state index contributed by atoms with van der Waals surface area (Å²) in [6, 6.07) is 4.70. The number of tetrazole rings is 1. The van der Waals surface area contributed by atoms with E-state index in [1.807, 2.05) is 0 Å². The second kappa shape index (κ2) is 9.41. The van der Waals surface area contributed by atoms with Gasteiger partial charge in [0.1, 0.15) is 17.2 Å². The minimum atomic E-state index is -1.15. The lowest BCUT2D eigenvalue weighted by Gasteiger charge is -2.29. The normalized spacial score (nSPS) is 13.6. The van der Waals surface area contributed by atoms with Crippen molar-refractivity contribution >= 4 is 18.0 Å². The lowest BCUT2D eigenvalue weighted by atomic mass is 10.1. The Labute approximate surface area is 192 Å². The number of nitrogens with zero attached hydrogens (tertiary/aromatic N) is 5. The Hall–Kier alpha value is -4.09. The quantitative estimate of drug-likeness (QED) is 0.400. The van der Waals surface area contributed by atoms with Crippen LogP contribution < -0.4 is 20.1 Å². The summed E-state index contributed by atoms with van der Waals surface area (Å²) in [6.45, 7) is 0. The number of hydrogen-bond donors (Lipinski definition) is 0. The molecule has 0 bridgehead atoms. The number of rotatable bonds is 6. The molecular formula is C22H21F2N5O5. The molecule has 178 valence electrons. The van der Waals surface area contributed by atoms with Gasteiger partial charge in [-0.05, 0) is 41.5 Å². The van der Waals surface area contributed by atoms with E-state index in [1.165, 1.54) is 31.3 Å².